The van der Waals surface area contributed by atoms with Crippen LogP contribution in [0.5, 0.6) is 0 Å². The summed E-state index contributed by atoms with van der Waals surface area (Å²) in [4.78, 5) is 28.5. The van der Waals surface area contributed by atoms with Crippen LogP contribution in [0.25, 0.3) is 0 Å². The highest BCUT2D eigenvalue weighted by Gasteiger charge is 2.48. The molecular formula is C18H30AlO9+3. The van der Waals surface area contributed by atoms with Crippen molar-refractivity contribution in [2.45, 2.75) is 41.5 Å². The second-order valence-electron chi connectivity index (χ2n) is 5.26. The van der Waals surface area contributed by atoms with E-state index >= 15 is 0 Å². The van der Waals surface area contributed by atoms with Crippen molar-refractivity contribution in [2.75, 3.05) is 19.8 Å². The summed E-state index contributed by atoms with van der Waals surface area (Å²) in [6.45, 7) is 10.4. The van der Waals surface area contributed by atoms with Crippen molar-refractivity contribution in [1.82, 2.24) is 0 Å². The molecule has 28 heavy (non-hydrogen) atoms. The average molecular weight is 417 g/mol. The molecule has 0 saturated carbocycles. The van der Waals surface area contributed by atoms with Crippen molar-refractivity contribution in [3.05, 3.63) is 36.1 Å². The maximum absolute atomic E-state index is 9.50. The normalized spacial score (nSPS) is 12.0. The van der Waals surface area contributed by atoms with Crippen molar-refractivity contribution in [1.29, 1.82) is 0 Å². The molecule has 0 fully saturated rings. The molecule has 10 heteroatoms. The summed E-state index contributed by atoms with van der Waals surface area (Å²) in [6.07, 6.45) is 3.78. The fraction of sp³-hybridized carbons (Fsp3) is 0.500. The molecule has 0 aliphatic heterocycles. The minimum atomic E-state index is -3.13. The fourth-order valence-electron chi connectivity index (χ4n) is 1.62. The fourth-order valence-corrected chi connectivity index (χ4v) is 2.75. The summed E-state index contributed by atoms with van der Waals surface area (Å²) in [5, 5.41) is 0. The molecule has 0 amide bonds. The van der Waals surface area contributed by atoms with Crippen molar-refractivity contribution in [3.63, 3.8) is 0 Å². The van der Waals surface area contributed by atoms with Gasteiger partial charge in [0.2, 0.25) is 0 Å². The van der Waals surface area contributed by atoms with E-state index in [9.17, 15) is 14.4 Å². The summed E-state index contributed by atoms with van der Waals surface area (Å²) in [7, 11) is 0. The summed E-state index contributed by atoms with van der Waals surface area (Å²) in [6, 6.07) is 0. The third-order valence-electron chi connectivity index (χ3n) is 2.48. The first-order valence-electron chi connectivity index (χ1n) is 8.82. The molecule has 0 aliphatic rings. The molecule has 0 saturated heterocycles. The van der Waals surface area contributed by atoms with Crippen molar-refractivity contribution in [3.8, 4) is 0 Å². The molecule has 0 aromatic heterocycles. The highest BCUT2D eigenvalue weighted by atomic mass is 27.3. The smallest absolute Gasteiger partial charge is 0.550 e. The molecule has 0 spiro atoms. The number of allylic oxidation sites excluding steroid dienone is 3. The first kappa shape index (κ1) is 25.6. The lowest BCUT2D eigenvalue weighted by Gasteiger charge is -2.19. The minimum Gasteiger partial charge on any atom is -0.550 e. The van der Waals surface area contributed by atoms with Crippen LogP contribution in [0.15, 0.2) is 36.1 Å². The van der Waals surface area contributed by atoms with Gasteiger partial charge in [0.15, 0.2) is 0 Å². The highest BCUT2D eigenvalue weighted by molar-refractivity contribution is 6.37. The Morgan fingerprint density at radius 3 is 1.04 bits per heavy atom. The van der Waals surface area contributed by atoms with Crippen molar-refractivity contribution >= 4 is 32.5 Å². The van der Waals surface area contributed by atoms with Gasteiger partial charge in [0, 0.05) is 0 Å². The zero-order chi connectivity index (χ0) is 21.5. The Morgan fingerprint density at radius 2 is 0.857 bits per heavy atom. The van der Waals surface area contributed by atoms with Crippen molar-refractivity contribution in [2.24, 2.45) is 0 Å². The standard InChI is InChI=1S/3C6H10O3.Al/c3*1-3-9-6(8)4-5(2)7;/h3*4,8H,3H2,1-2H3;/q;;;+3. The number of hydrogen-bond acceptors (Lipinski definition) is 6. The molecule has 9 nitrogen and oxygen atoms in total. The largest absolute Gasteiger partial charge is 1.20 e. The van der Waals surface area contributed by atoms with Gasteiger partial charge in [-0.15, -0.1) is 0 Å². The number of carbonyl (C=O) groups excluding carboxylic acids is 3. The number of ketones is 3. The van der Waals surface area contributed by atoms with Crippen LogP contribution in [0.1, 0.15) is 41.5 Å². The van der Waals surface area contributed by atoms with Crippen LogP contribution in [-0.2, 0) is 25.6 Å². The van der Waals surface area contributed by atoms with Gasteiger partial charge in [-0.1, -0.05) is 0 Å². The van der Waals surface area contributed by atoms with Gasteiger partial charge in [-0.25, -0.2) is 0 Å². The molecule has 0 rings (SSSR count). The van der Waals surface area contributed by atoms with Crippen LogP contribution in [0.4, 0.5) is 0 Å². The van der Waals surface area contributed by atoms with Crippen LogP contribution in [0, 0.1) is 0 Å². The van der Waals surface area contributed by atoms with E-state index in [0.717, 1.165) is 0 Å². The van der Waals surface area contributed by atoms with E-state index in [4.69, 9.17) is 25.6 Å². The van der Waals surface area contributed by atoms with Crippen LogP contribution in [0.2, 0.25) is 0 Å². The lowest BCUT2D eigenvalue weighted by Crippen LogP contribution is -2.29. The number of ether oxygens (including phenoxy) is 3. The van der Waals surface area contributed by atoms with Gasteiger partial charge in [-0.3, -0.25) is 14.4 Å². The van der Waals surface area contributed by atoms with Gasteiger partial charge in [0.1, 0.15) is 18.2 Å². The number of hydrogen-bond donors (Lipinski definition) is 0. The van der Waals surface area contributed by atoms with Crippen molar-refractivity contribution < 1.29 is 40.0 Å². The Bertz CT molecular complexity index is 537. The summed E-state index contributed by atoms with van der Waals surface area (Å²) < 4.78 is 32.9. The van der Waals surface area contributed by atoms with E-state index in [1.807, 2.05) is 0 Å². The quantitative estimate of drug-likeness (QED) is 0.175. The first-order valence-corrected chi connectivity index (χ1v) is 10.2. The van der Waals surface area contributed by atoms with Crippen LogP contribution < -0.4 is 0 Å². The highest BCUT2D eigenvalue weighted by Crippen LogP contribution is 2.14. The molecule has 0 heterocycles. The van der Waals surface area contributed by atoms with E-state index in [1.165, 1.54) is 39.0 Å². The Labute approximate surface area is 170 Å². The van der Waals surface area contributed by atoms with E-state index in [0.29, 0.717) is 0 Å². The predicted octanol–water partition coefficient (Wildman–Crippen LogP) is 2.35. The van der Waals surface area contributed by atoms with Gasteiger partial charge in [-0.05, 0) is 20.8 Å². The third-order valence-corrected chi connectivity index (χ3v) is 3.75. The molecule has 0 aromatic carbocycles. The van der Waals surface area contributed by atoms with Crippen LogP contribution in [0.3, 0.4) is 0 Å². The SMILES string of the molecule is CCOC(=CC(C)=[OH+])[O][Al]([O]C(=CC(C)=[OH+])OCC)[O]C(=CC(C)=[OH+])OCC. The summed E-state index contributed by atoms with van der Waals surface area (Å²) in [5.41, 5.74) is 0. The molecule has 0 unspecified atom stereocenters. The Morgan fingerprint density at radius 1 is 0.607 bits per heavy atom. The van der Waals surface area contributed by atoms with Gasteiger partial charge in [0.05, 0.1) is 40.6 Å². The maximum Gasteiger partial charge on any atom is 1.20 e. The van der Waals surface area contributed by atoms with Gasteiger partial charge >= 0.3 is 32.5 Å². The minimum absolute atomic E-state index is 0.0275. The zero-order valence-electron chi connectivity index (χ0n) is 17.2. The Hall–Kier alpha value is -2.44. The lowest BCUT2D eigenvalue weighted by atomic mass is 10.4. The van der Waals surface area contributed by atoms with Crippen LogP contribution >= 0.6 is 0 Å². The average Bonchev–Trinajstić information content (AvgIpc) is 2.53. The molecule has 156 valence electrons. The van der Waals surface area contributed by atoms with E-state index in [-0.39, 0.29) is 55.0 Å². The molecule has 0 aromatic rings. The summed E-state index contributed by atoms with van der Waals surface area (Å²) >= 11 is -3.13. The van der Waals surface area contributed by atoms with E-state index in [1.54, 1.807) is 20.8 Å². The molecular weight excluding hydrogens is 387 g/mol. The zero-order valence-corrected chi connectivity index (χ0v) is 18.4. The monoisotopic (exact) mass is 417 g/mol. The second-order valence-corrected chi connectivity index (χ2v) is 6.54. The maximum atomic E-state index is 9.50. The topological polar surface area (TPSA) is 120 Å². The Kier molecular flexibility index (Phi) is 13.3. The second kappa shape index (κ2) is 14.6. The predicted molar refractivity (Wildman–Crippen MR) is 106 cm³/mol. The molecule has 0 radical (unpaired) electrons. The van der Waals surface area contributed by atoms with Gasteiger partial charge in [0.25, 0.3) is 17.8 Å². The molecule has 0 bridgehead atoms. The number of rotatable bonds is 15. The summed E-state index contributed by atoms with van der Waals surface area (Å²) in [5.74, 6) is -0.218. The van der Waals surface area contributed by atoms with E-state index < -0.39 is 15.1 Å². The molecule has 3 N–H and O–H groups in total. The molecule has 0 atom stereocenters. The molecule has 0 aliphatic carbocycles. The Balaban J connectivity index is 5.74. The first-order chi connectivity index (χ1) is 13.2. The van der Waals surface area contributed by atoms with Gasteiger partial charge < -0.3 is 25.6 Å². The van der Waals surface area contributed by atoms with Crippen LogP contribution in [-0.4, -0.2) is 66.7 Å². The lowest BCUT2D eigenvalue weighted by molar-refractivity contribution is 0.0117. The van der Waals surface area contributed by atoms with E-state index in [2.05, 4.69) is 0 Å². The van der Waals surface area contributed by atoms with Gasteiger partial charge in [-0.2, -0.15) is 0 Å². The third kappa shape index (κ3) is 12.8.